The Hall–Kier alpha value is -2.96. The number of anilines is 1. The molecule has 2 saturated heterocycles. The molecule has 1 amide bonds. The molecule has 2 aliphatic heterocycles. The molecule has 1 atom stereocenters. The Bertz CT molecular complexity index is 1100. The first-order valence-electron chi connectivity index (χ1n) is 12.0. The van der Waals surface area contributed by atoms with Crippen molar-refractivity contribution >= 4 is 22.6 Å². The number of piperidine rings is 1. The maximum Gasteiger partial charge on any atom is 0.227 e. The second-order valence-electron chi connectivity index (χ2n) is 9.19. The number of hydrogen-bond acceptors (Lipinski definition) is 5. The first-order valence-corrected chi connectivity index (χ1v) is 12.0. The predicted molar refractivity (Wildman–Crippen MR) is 126 cm³/mol. The fourth-order valence-electron chi connectivity index (χ4n) is 5.27. The van der Waals surface area contributed by atoms with Crippen LogP contribution < -0.4 is 4.90 Å². The molecule has 32 heavy (non-hydrogen) atoms. The molecule has 2 fully saturated rings. The summed E-state index contributed by atoms with van der Waals surface area (Å²) >= 11 is 0. The molecule has 1 aromatic carbocycles. The van der Waals surface area contributed by atoms with E-state index in [-0.39, 0.29) is 5.92 Å². The molecular weight excluding hydrogens is 400 g/mol. The van der Waals surface area contributed by atoms with E-state index < -0.39 is 0 Å². The van der Waals surface area contributed by atoms with Gasteiger partial charge in [0.25, 0.3) is 0 Å². The Morgan fingerprint density at radius 2 is 1.69 bits per heavy atom. The molecule has 0 saturated carbocycles. The number of carbonyl (C=O) groups is 1. The van der Waals surface area contributed by atoms with Crippen molar-refractivity contribution < 1.29 is 4.79 Å². The van der Waals surface area contributed by atoms with Crippen molar-refractivity contribution in [3.05, 3.63) is 41.7 Å². The van der Waals surface area contributed by atoms with Crippen molar-refractivity contribution in [2.45, 2.75) is 52.4 Å². The zero-order chi connectivity index (χ0) is 22.1. The van der Waals surface area contributed by atoms with Crippen LogP contribution in [0.1, 0.15) is 49.9 Å². The molecule has 5 rings (SSSR count). The molecule has 4 heterocycles. The molecule has 2 aromatic heterocycles. The molecule has 0 unspecified atom stereocenters. The summed E-state index contributed by atoms with van der Waals surface area (Å²) in [5.41, 5.74) is 3.85. The smallest absolute Gasteiger partial charge is 0.227 e. The average Bonchev–Trinajstić information content (AvgIpc) is 3.00. The Kier molecular flexibility index (Phi) is 5.81. The summed E-state index contributed by atoms with van der Waals surface area (Å²) in [4.78, 5) is 17.6. The number of aromatic nitrogens is 4. The van der Waals surface area contributed by atoms with E-state index in [9.17, 15) is 4.79 Å². The highest BCUT2D eigenvalue weighted by molar-refractivity contribution is 5.92. The van der Waals surface area contributed by atoms with E-state index in [1.807, 2.05) is 29.8 Å². The first kappa shape index (κ1) is 20.9. The molecule has 0 spiro atoms. The highest BCUT2D eigenvalue weighted by Gasteiger charge is 2.32. The zero-order valence-electron chi connectivity index (χ0n) is 19.1. The summed E-state index contributed by atoms with van der Waals surface area (Å²) in [6.07, 6.45) is 6.66. The fourth-order valence-corrected chi connectivity index (χ4v) is 5.27. The summed E-state index contributed by atoms with van der Waals surface area (Å²) in [7, 11) is 0. The number of para-hydroxylation sites is 1. The molecule has 2 aliphatic rings. The van der Waals surface area contributed by atoms with Gasteiger partial charge in [0.1, 0.15) is 5.52 Å². The lowest BCUT2D eigenvalue weighted by molar-refractivity contribution is -0.135. The number of likely N-dealkylation sites (tertiary alicyclic amines) is 1. The van der Waals surface area contributed by atoms with E-state index in [0.717, 1.165) is 79.1 Å². The SMILES string of the molecule is Cc1nnc(N2CCC[C@@H](C(=O)N3CCCCCC3)C2)c2nn(-c3ccccc3)c(C)c12. The summed E-state index contributed by atoms with van der Waals surface area (Å²) < 4.78 is 1.98. The second kappa shape index (κ2) is 8.88. The number of amides is 1. The first-order chi connectivity index (χ1) is 15.6. The largest absolute Gasteiger partial charge is 0.352 e. The minimum absolute atomic E-state index is 0.0253. The standard InChI is InChI=1S/C25H32N6O/c1-18-22-19(2)31(21-12-6-5-7-13-21)28-23(22)24(27-26-18)30-16-10-11-20(17-30)25(32)29-14-8-3-4-9-15-29/h5-7,12-13,20H,3-4,8-11,14-17H2,1-2H3/t20-/m1/s1. The Morgan fingerprint density at radius 1 is 0.938 bits per heavy atom. The third-order valence-electron chi connectivity index (χ3n) is 6.97. The third kappa shape index (κ3) is 3.85. The lowest BCUT2D eigenvalue weighted by atomic mass is 9.96. The zero-order valence-corrected chi connectivity index (χ0v) is 19.1. The number of rotatable bonds is 3. The van der Waals surface area contributed by atoms with Crippen LogP contribution in [0.25, 0.3) is 16.6 Å². The minimum Gasteiger partial charge on any atom is -0.352 e. The molecular formula is C25H32N6O. The molecule has 7 nitrogen and oxygen atoms in total. The van der Waals surface area contributed by atoms with Gasteiger partial charge in [0.2, 0.25) is 5.91 Å². The molecule has 0 bridgehead atoms. The Morgan fingerprint density at radius 3 is 2.44 bits per heavy atom. The van der Waals surface area contributed by atoms with E-state index >= 15 is 0 Å². The van der Waals surface area contributed by atoms with Gasteiger partial charge in [0.15, 0.2) is 5.82 Å². The lowest BCUT2D eigenvalue weighted by Crippen LogP contribution is -2.45. The number of hydrogen-bond donors (Lipinski definition) is 0. The highest BCUT2D eigenvalue weighted by Crippen LogP contribution is 2.32. The van der Waals surface area contributed by atoms with Crippen LogP contribution in [0.5, 0.6) is 0 Å². The highest BCUT2D eigenvalue weighted by atomic mass is 16.2. The Balaban J connectivity index is 1.46. The van der Waals surface area contributed by atoms with Gasteiger partial charge in [-0.1, -0.05) is 31.0 Å². The van der Waals surface area contributed by atoms with Crippen molar-refractivity contribution in [1.29, 1.82) is 0 Å². The fraction of sp³-hybridized carbons (Fsp3) is 0.520. The van der Waals surface area contributed by atoms with E-state index in [1.54, 1.807) is 0 Å². The predicted octanol–water partition coefficient (Wildman–Crippen LogP) is 4.05. The van der Waals surface area contributed by atoms with Gasteiger partial charge in [0, 0.05) is 26.2 Å². The summed E-state index contributed by atoms with van der Waals surface area (Å²) in [5, 5.41) is 15.1. The Labute approximate surface area is 189 Å². The van der Waals surface area contributed by atoms with Crippen LogP contribution in [-0.2, 0) is 4.79 Å². The number of benzene rings is 1. The van der Waals surface area contributed by atoms with E-state index in [4.69, 9.17) is 5.10 Å². The maximum atomic E-state index is 13.3. The van der Waals surface area contributed by atoms with Gasteiger partial charge in [-0.15, -0.1) is 5.10 Å². The topological polar surface area (TPSA) is 67.2 Å². The second-order valence-corrected chi connectivity index (χ2v) is 9.19. The van der Waals surface area contributed by atoms with E-state index in [0.29, 0.717) is 12.5 Å². The van der Waals surface area contributed by atoms with E-state index in [2.05, 4.69) is 39.1 Å². The minimum atomic E-state index is 0.0253. The monoisotopic (exact) mass is 432 g/mol. The third-order valence-corrected chi connectivity index (χ3v) is 6.97. The summed E-state index contributed by atoms with van der Waals surface area (Å²) in [6.45, 7) is 7.47. The van der Waals surface area contributed by atoms with Crippen molar-refractivity contribution in [3.8, 4) is 5.69 Å². The van der Waals surface area contributed by atoms with Gasteiger partial charge in [-0.05, 0) is 51.7 Å². The maximum absolute atomic E-state index is 13.3. The van der Waals surface area contributed by atoms with Gasteiger partial charge in [-0.25, -0.2) is 4.68 Å². The summed E-state index contributed by atoms with van der Waals surface area (Å²) in [5.74, 6) is 1.15. The molecule has 7 heteroatoms. The van der Waals surface area contributed by atoms with Crippen LogP contribution in [0.4, 0.5) is 5.82 Å². The normalized spacial score (nSPS) is 19.9. The number of aryl methyl sites for hydroxylation is 2. The number of fused-ring (bicyclic) bond motifs is 1. The van der Waals surface area contributed by atoms with Gasteiger partial charge < -0.3 is 9.80 Å². The average molecular weight is 433 g/mol. The molecule has 0 radical (unpaired) electrons. The number of carbonyl (C=O) groups excluding carboxylic acids is 1. The van der Waals surface area contributed by atoms with Gasteiger partial charge in [0.05, 0.1) is 28.4 Å². The summed E-state index contributed by atoms with van der Waals surface area (Å²) in [6, 6.07) is 10.2. The van der Waals surface area contributed by atoms with Crippen LogP contribution in [0.2, 0.25) is 0 Å². The van der Waals surface area contributed by atoms with Gasteiger partial charge in [-0.2, -0.15) is 10.2 Å². The van der Waals surface area contributed by atoms with Crippen LogP contribution in [0.3, 0.4) is 0 Å². The van der Waals surface area contributed by atoms with Crippen molar-refractivity contribution in [1.82, 2.24) is 24.9 Å². The molecule has 0 aliphatic carbocycles. The van der Waals surface area contributed by atoms with Crippen molar-refractivity contribution in [2.75, 3.05) is 31.1 Å². The van der Waals surface area contributed by atoms with E-state index in [1.165, 1.54) is 12.8 Å². The van der Waals surface area contributed by atoms with Crippen LogP contribution in [0.15, 0.2) is 30.3 Å². The van der Waals surface area contributed by atoms with Crippen LogP contribution in [-0.4, -0.2) is 57.0 Å². The van der Waals surface area contributed by atoms with Gasteiger partial charge in [-0.3, -0.25) is 4.79 Å². The number of nitrogens with zero attached hydrogens (tertiary/aromatic N) is 6. The van der Waals surface area contributed by atoms with Crippen molar-refractivity contribution in [2.24, 2.45) is 5.92 Å². The molecule has 3 aromatic rings. The lowest BCUT2D eigenvalue weighted by Gasteiger charge is -2.35. The van der Waals surface area contributed by atoms with Gasteiger partial charge >= 0.3 is 0 Å². The molecule has 168 valence electrons. The van der Waals surface area contributed by atoms with Crippen LogP contribution in [0, 0.1) is 19.8 Å². The quantitative estimate of drug-likeness (QED) is 0.625. The molecule has 0 N–H and O–H groups in total. The van der Waals surface area contributed by atoms with Crippen molar-refractivity contribution in [3.63, 3.8) is 0 Å². The van der Waals surface area contributed by atoms with Crippen LogP contribution >= 0.6 is 0 Å².